The Hall–Kier alpha value is -4.18. The number of aromatic nitrogens is 6. The molecule has 3 heterocycles. The number of hydrogen-bond donors (Lipinski definition) is 2. The van der Waals surface area contributed by atoms with E-state index < -0.39 is 42.1 Å². The Morgan fingerprint density at radius 1 is 0.953 bits per heavy atom. The lowest BCUT2D eigenvalue weighted by atomic mass is 10.1. The van der Waals surface area contributed by atoms with Gasteiger partial charge in [0.1, 0.15) is 12.2 Å². The predicted molar refractivity (Wildman–Crippen MR) is 142 cm³/mol. The highest BCUT2D eigenvalue weighted by Crippen LogP contribution is 2.38. The van der Waals surface area contributed by atoms with Gasteiger partial charge in [0.2, 0.25) is 0 Å². The van der Waals surface area contributed by atoms with Gasteiger partial charge in [0, 0.05) is 17.3 Å². The second-order valence-electron chi connectivity index (χ2n) is 9.39. The molecule has 228 valence electrons. The van der Waals surface area contributed by atoms with Crippen LogP contribution in [0.1, 0.15) is 57.3 Å². The number of carbonyl (C=O) groups excluding carboxylic acids is 2. The molecular formula is C25H20Cl2F6N8O2. The maximum atomic E-state index is 13.6. The summed E-state index contributed by atoms with van der Waals surface area (Å²) in [5.74, 6) is -1.49. The first-order chi connectivity index (χ1) is 20.0. The molecule has 0 saturated heterocycles. The van der Waals surface area contributed by atoms with Gasteiger partial charge in [0.15, 0.2) is 17.2 Å². The van der Waals surface area contributed by atoms with E-state index in [2.05, 4.69) is 30.9 Å². The highest BCUT2D eigenvalue weighted by molar-refractivity contribution is 6.32. The molecule has 3 aromatic heterocycles. The molecule has 18 heteroatoms. The highest BCUT2D eigenvalue weighted by Gasteiger charge is 2.48. The molecule has 0 radical (unpaired) electrons. The summed E-state index contributed by atoms with van der Waals surface area (Å²) in [5, 5.41) is 15.6. The van der Waals surface area contributed by atoms with Crippen LogP contribution in [0.2, 0.25) is 10.0 Å². The maximum Gasteiger partial charge on any atom is 0.437 e. The fraction of sp³-hybridized carbons (Fsp3) is 0.280. The summed E-state index contributed by atoms with van der Waals surface area (Å²) in [7, 11) is 0. The third-order valence-electron chi connectivity index (χ3n) is 5.63. The van der Waals surface area contributed by atoms with Crippen molar-refractivity contribution in [1.82, 2.24) is 35.1 Å². The highest BCUT2D eigenvalue weighted by atomic mass is 35.5. The lowest BCUT2D eigenvalue weighted by Crippen LogP contribution is -2.31. The molecule has 2 N–H and O–H groups in total. The molecule has 43 heavy (non-hydrogen) atoms. The van der Waals surface area contributed by atoms with Crippen LogP contribution >= 0.6 is 23.2 Å². The zero-order chi connectivity index (χ0) is 31.9. The number of amides is 2. The van der Waals surface area contributed by atoms with Crippen molar-refractivity contribution in [3.63, 3.8) is 0 Å². The topological polar surface area (TPSA) is 120 Å². The largest absolute Gasteiger partial charge is 0.437 e. The van der Waals surface area contributed by atoms with Gasteiger partial charge in [0.05, 0.1) is 22.0 Å². The van der Waals surface area contributed by atoms with Crippen molar-refractivity contribution in [2.24, 2.45) is 0 Å². The summed E-state index contributed by atoms with van der Waals surface area (Å²) in [5.41, 5.74) is -4.40. The first kappa shape index (κ1) is 31.7. The third kappa shape index (κ3) is 7.07. The van der Waals surface area contributed by atoms with E-state index in [1.165, 1.54) is 30.5 Å². The van der Waals surface area contributed by atoms with Gasteiger partial charge in [-0.25, -0.2) is 9.67 Å². The molecule has 4 rings (SSSR count). The van der Waals surface area contributed by atoms with Gasteiger partial charge >= 0.3 is 12.4 Å². The average molecular weight is 649 g/mol. The monoisotopic (exact) mass is 648 g/mol. The lowest BCUT2D eigenvalue weighted by molar-refractivity contribution is -0.165. The molecule has 0 bridgehead atoms. The van der Waals surface area contributed by atoms with E-state index in [9.17, 15) is 35.9 Å². The van der Waals surface area contributed by atoms with Crippen LogP contribution in [0, 0.1) is 6.92 Å². The van der Waals surface area contributed by atoms with E-state index in [-0.39, 0.29) is 49.3 Å². The molecule has 4 aromatic rings. The van der Waals surface area contributed by atoms with Crippen LogP contribution in [0.4, 0.5) is 32.0 Å². The average Bonchev–Trinajstić information content (AvgIpc) is 3.50. The van der Waals surface area contributed by atoms with Crippen molar-refractivity contribution in [2.45, 2.75) is 45.7 Å². The van der Waals surface area contributed by atoms with Crippen molar-refractivity contribution in [2.75, 3.05) is 5.32 Å². The molecule has 0 aliphatic carbocycles. The number of halogens is 8. The van der Waals surface area contributed by atoms with Crippen molar-refractivity contribution >= 4 is 40.7 Å². The zero-order valence-corrected chi connectivity index (χ0v) is 23.8. The summed E-state index contributed by atoms with van der Waals surface area (Å²) in [6.07, 6.45) is -9.56. The maximum absolute atomic E-state index is 13.6. The van der Waals surface area contributed by atoms with E-state index in [1.54, 1.807) is 20.8 Å². The van der Waals surface area contributed by atoms with E-state index in [0.717, 1.165) is 10.7 Å². The van der Waals surface area contributed by atoms with Gasteiger partial charge in [-0.1, -0.05) is 23.2 Å². The Labute approximate surface area is 249 Å². The number of aryl methyl sites for hydroxylation is 1. The Morgan fingerprint density at radius 2 is 1.58 bits per heavy atom. The van der Waals surface area contributed by atoms with Gasteiger partial charge < -0.3 is 10.6 Å². The number of pyridine rings is 1. The van der Waals surface area contributed by atoms with E-state index in [1.807, 2.05) is 0 Å². The van der Waals surface area contributed by atoms with E-state index in [4.69, 9.17) is 23.2 Å². The first-order valence-corrected chi connectivity index (χ1v) is 12.9. The molecule has 0 aliphatic rings. The standard InChI is InChI=1S/C25H20Cl2F6N8O2/c1-11(2)35-22(42)15-8-13(26)7-12(3)18(15)36-23(43)17-9-14(37-41(17)21-16(27)5-4-6-34-21)10-40-38-19(24(28,29)30)20(39-40)25(31,32)33/h4-9,11H,10H2,1-3H3,(H,35,42)(H,36,43). The second kappa shape index (κ2) is 11.8. The molecule has 10 nitrogen and oxygen atoms in total. The number of rotatable bonds is 7. The van der Waals surface area contributed by atoms with E-state index in [0.29, 0.717) is 5.56 Å². The van der Waals surface area contributed by atoms with Crippen molar-refractivity contribution < 1.29 is 35.9 Å². The normalized spacial score (nSPS) is 12.1. The summed E-state index contributed by atoms with van der Waals surface area (Å²) >= 11 is 12.4. The molecule has 1 aromatic carbocycles. The first-order valence-electron chi connectivity index (χ1n) is 12.2. The molecule has 0 saturated carbocycles. The number of benzene rings is 1. The summed E-state index contributed by atoms with van der Waals surface area (Å²) in [6, 6.07) is 6.59. The Bertz CT molecular complexity index is 1670. The minimum Gasteiger partial charge on any atom is -0.350 e. The van der Waals surface area contributed by atoms with Crippen LogP contribution in [0.3, 0.4) is 0 Å². The molecule has 0 aliphatic heterocycles. The van der Waals surface area contributed by atoms with Gasteiger partial charge in [0.25, 0.3) is 11.8 Å². The van der Waals surface area contributed by atoms with Crippen LogP contribution in [-0.2, 0) is 18.9 Å². The van der Waals surface area contributed by atoms with Crippen molar-refractivity contribution in [1.29, 1.82) is 0 Å². The molecular weight excluding hydrogens is 629 g/mol. The fourth-order valence-corrected chi connectivity index (χ4v) is 4.39. The second-order valence-corrected chi connectivity index (χ2v) is 10.2. The minimum absolute atomic E-state index is 0.0156. The van der Waals surface area contributed by atoms with E-state index >= 15 is 0 Å². The number of alkyl halides is 6. The van der Waals surface area contributed by atoms with Crippen LogP contribution in [-0.4, -0.2) is 47.6 Å². The fourth-order valence-electron chi connectivity index (χ4n) is 3.91. The third-order valence-corrected chi connectivity index (χ3v) is 6.14. The van der Waals surface area contributed by atoms with Crippen LogP contribution in [0.5, 0.6) is 0 Å². The van der Waals surface area contributed by atoms with Gasteiger partial charge in [-0.2, -0.15) is 36.2 Å². The van der Waals surface area contributed by atoms with Crippen molar-refractivity contribution in [3.8, 4) is 5.82 Å². The Morgan fingerprint density at radius 3 is 2.14 bits per heavy atom. The smallest absolute Gasteiger partial charge is 0.350 e. The van der Waals surface area contributed by atoms with Crippen molar-refractivity contribution in [3.05, 3.63) is 80.5 Å². The predicted octanol–water partition coefficient (Wildman–Crippen LogP) is 5.95. The number of carbonyl (C=O) groups is 2. The van der Waals surface area contributed by atoms with Gasteiger partial charge in [-0.15, -0.1) is 10.2 Å². The molecule has 2 amide bonds. The quantitative estimate of drug-likeness (QED) is 0.239. The van der Waals surface area contributed by atoms with Crippen LogP contribution < -0.4 is 10.6 Å². The van der Waals surface area contributed by atoms with Gasteiger partial charge in [-0.3, -0.25) is 9.59 Å². The summed E-state index contributed by atoms with van der Waals surface area (Å²) < 4.78 is 80.4. The summed E-state index contributed by atoms with van der Waals surface area (Å²) in [6.45, 7) is 4.26. The lowest BCUT2D eigenvalue weighted by Gasteiger charge is -2.16. The SMILES string of the molecule is Cc1cc(Cl)cc(C(=O)NC(C)C)c1NC(=O)c1cc(Cn2nc(C(F)(F)F)c(C(F)(F)F)n2)nn1-c1ncccc1Cl. The molecule has 0 spiro atoms. The number of anilines is 1. The van der Waals surface area contributed by atoms with Gasteiger partial charge in [-0.05, 0) is 56.7 Å². The summed E-state index contributed by atoms with van der Waals surface area (Å²) in [4.78, 5) is 30.7. The number of nitrogens with one attached hydrogen (secondary N) is 2. The number of nitrogens with zero attached hydrogens (tertiary/aromatic N) is 6. The Kier molecular flexibility index (Phi) is 8.74. The molecule has 0 fully saturated rings. The molecule has 0 unspecified atom stereocenters. The Balaban J connectivity index is 1.78. The van der Waals surface area contributed by atoms with Crippen LogP contribution in [0.25, 0.3) is 5.82 Å². The minimum atomic E-state index is -5.44. The number of hydrogen-bond acceptors (Lipinski definition) is 6. The molecule has 0 atom stereocenters. The van der Waals surface area contributed by atoms with Crippen LogP contribution in [0.15, 0.2) is 36.5 Å². The zero-order valence-electron chi connectivity index (χ0n) is 22.3.